The predicted molar refractivity (Wildman–Crippen MR) is 122 cm³/mol. The van der Waals surface area contributed by atoms with Gasteiger partial charge in [0.15, 0.2) is 0 Å². The normalized spacial score (nSPS) is 14.2. The van der Waals surface area contributed by atoms with Crippen molar-refractivity contribution < 1.29 is 13.2 Å². The van der Waals surface area contributed by atoms with E-state index in [2.05, 4.69) is 11.4 Å². The Labute approximate surface area is 179 Å². The Balaban J connectivity index is 1.73. The van der Waals surface area contributed by atoms with E-state index in [-0.39, 0.29) is 12.5 Å². The fourth-order valence-corrected chi connectivity index (χ4v) is 4.85. The number of amides is 1. The minimum absolute atomic E-state index is 0.109. The molecular weight excluding hydrogens is 396 g/mol. The highest BCUT2D eigenvalue weighted by Gasteiger charge is 2.21. The van der Waals surface area contributed by atoms with Crippen LogP contribution in [0.1, 0.15) is 52.7 Å². The molecule has 30 heavy (non-hydrogen) atoms. The van der Waals surface area contributed by atoms with Gasteiger partial charge in [-0.25, -0.2) is 8.42 Å². The molecule has 6 heteroatoms. The maximum absolute atomic E-state index is 12.5. The molecule has 2 aromatic carbocycles. The minimum atomic E-state index is -3.46. The molecule has 0 saturated carbocycles. The van der Waals surface area contributed by atoms with E-state index < -0.39 is 10.0 Å². The van der Waals surface area contributed by atoms with Crippen LogP contribution in [0.4, 0.5) is 5.69 Å². The van der Waals surface area contributed by atoms with Gasteiger partial charge in [-0.05, 0) is 68.4 Å². The van der Waals surface area contributed by atoms with Gasteiger partial charge in [-0.2, -0.15) is 0 Å². The zero-order valence-electron chi connectivity index (χ0n) is 17.9. The maximum Gasteiger partial charge on any atom is 0.251 e. The second-order valence-corrected chi connectivity index (χ2v) is 9.90. The second-order valence-electron chi connectivity index (χ2n) is 8.00. The van der Waals surface area contributed by atoms with E-state index in [0.29, 0.717) is 17.8 Å². The number of hydrogen-bond donors (Lipinski definition) is 1. The number of allylic oxidation sites excluding steroid dienone is 1. The number of para-hydroxylation sites is 1. The van der Waals surface area contributed by atoms with Crippen molar-refractivity contribution in [3.63, 3.8) is 0 Å². The molecule has 5 nitrogen and oxygen atoms in total. The SMILES string of the molecule is Cc1cccc(C)c1N(Cc1ccc(C(=O)NCC2=CCCCC2)cc1)S(C)(=O)=O. The minimum Gasteiger partial charge on any atom is -0.348 e. The molecule has 0 heterocycles. The average Bonchev–Trinajstić information content (AvgIpc) is 2.71. The number of sulfonamides is 1. The zero-order chi connectivity index (χ0) is 21.7. The lowest BCUT2D eigenvalue weighted by molar-refractivity contribution is 0.0956. The number of anilines is 1. The van der Waals surface area contributed by atoms with Gasteiger partial charge in [0, 0.05) is 12.1 Å². The van der Waals surface area contributed by atoms with Crippen molar-refractivity contribution in [1.29, 1.82) is 0 Å². The van der Waals surface area contributed by atoms with E-state index in [0.717, 1.165) is 29.5 Å². The molecule has 0 aliphatic heterocycles. The summed E-state index contributed by atoms with van der Waals surface area (Å²) in [6.07, 6.45) is 8.01. The average molecular weight is 427 g/mol. The van der Waals surface area contributed by atoms with Gasteiger partial charge < -0.3 is 5.32 Å². The molecule has 0 saturated heterocycles. The molecular formula is C24H30N2O3S. The van der Waals surface area contributed by atoms with Crippen molar-refractivity contribution in [1.82, 2.24) is 5.32 Å². The van der Waals surface area contributed by atoms with Gasteiger partial charge in [-0.3, -0.25) is 9.10 Å². The van der Waals surface area contributed by atoms with Gasteiger partial charge in [0.2, 0.25) is 10.0 Å². The van der Waals surface area contributed by atoms with Crippen LogP contribution in [-0.2, 0) is 16.6 Å². The Bertz CT molecular complexity index is 1020. The molecule has 1 aliphatic carbocycles. The Morgan fingerprint density at radius 3 is 2.27 bits per heavy atom. The molecule has 2 aromatic rings. The highest BCUT2D eigenvalue weighted by atomic mass is 32.2. The van der Waals surface area contributed by atoms with E-state index in [4.69, 9.17) is 0 Å². The summed E-state index contributed by atoms with van der Waals surface area (Å²) in [5.41, 5.74) is 5.23. The fraction of sp³-hybridized carbons (Fsp3) is 0.375. The van der Waals surface area contributed by atoms with Crippen LogP contribution < -0.4 is 9.62 Å². The summed E-state index contributed by atoms with van der Waals surface area (Å²) in [5, 5.41) is 2.98. The van der Waals surface area contributed by atoms with E-state index >= 15 is 0 Å². The Hall–Kier alpha value is -2.60. The van der Waals surface area contributed by atoms with Gasteiger partial charge in [0.25, 0.3) is 5.91 Å². The van der Waals surface area contributed by atoms with Gasteiger partial charge in [0.1, 0.15) is 0 Å². The molecule has 0 fully saturated rings. The summed E-state index contributed by atoms with van der Waals surface area (Å²) >= 11 is 0. The third-order valence-electron chi connectivity index (χ3n) is 5.49. The van der Waals surface area contributed by atoms with Crippen molar-refractivity contribution in [2.75, 3.05) is 17.1 Å². The molecule has 0 radical (unpaired) electrons. The van der Waals surface area contributed by atoms with Gasteiger partial charge in [-0.1, -0.05) is 42.0 Å². The lowest BCUT2D eigenvalue weighted by Crippen LogP contribution is -2.30. The first-order valence-electron chi connectivity index (χ1n) is 10.3. The summed E-state index contributed by atoms with van der Waals surface area (Å²) in [4.78, 5) is 12.4. The molecule has 1 N–H and O–H groups in total. The lowest BCUT2D eigenvalue weighted by atomic mass is 9.99. The quantitative estimate of drug-likeness (QED) is 0.663. The number of rotatable bonds is 7. The van der Waals surface area contributed by atoms with Crippen LogP contribution in [0.25, 0.3) is 0 Å². The second kappa shape index (κ2) is 9.47. The van der Waals surface area contributed by atoms with Crippen LogP contribution in [0.3, 0.4) is 0 Å². The van der Waals surface area contributed by atoms with Crippen LogP contribution in [0.15, 0.2) is 54.1 Å². The third kappa shape index (κ3) is 5.51. The molecule has 0 bridgehead atoms. The first-order valence-corrected chi connectivity index (χ1v) is 12.2. The van der Waals surface area contributed by atoms with E-state index in [1.54, 1.807) is 12.1 Å². The van der Waals surface area contributed by atoms with E-state index in [1.165, 1.54) is 29.0 Å². The monoisotopic (exact) mass is 426 g/mol. The van der Waals surface area contributed by atoms with Crippen LogP contribution in [0, 0.1) is 13.8 Å². The Kier molecular flexibility index (Phi) is 6.98. The summed E-state index contributed by atoms with van der Waals surface area (Å²) < 4.78 is 26.4. The number of hydrogen-bond acceptors (Lipinski definition) is 3. The van der Waals surface area contributed by atoms with Crippen LogP contribution in [-0.4, -0.2) is 27.1 Å². The summed E-state index contributed by atoms with van der Waals surface area (Å²) in [6.45, 7) is 4.64. The topological polar surface area (TPSA) is 66.5 Å². The molecule has 0 spiro atoms. The Morgan fingerprint density at radius 1 is 1.03 bits per heavy atom. The predicted octanol–water partition coefficient (Wildman–Crippen LogP) is 4.50. The van der Waals surface area contributed by atoms with Crippen molar-refractivity contribution in [2.45, 2.75) is 46.1 Å². The molecule has 0 atom stereocenters. The van der Waals surface area contributed by atoms with Gasteiger partial charge in [0.05, 0.1) is 18.5 Å². The number of carbonyl (C=O) groups excluding carboxylic acids is 1. The lowest BCUT2D eigenvalue weighted by Gasteiger charge is -2.26. The van der Waals surface area contributed by atoms with Gasteiger partial charge >= 0.3 is 0 Å². The largest absolute Gasteiger partial charge is 0.348 e. The van der Waals surface area contributed by atoms with Crippen molar-refractivity contribution in [3.05, 3.63) is 76.4 Å². The number of nitrogens with zero attached hydrogens (tertiary/aromatic N) is 1. The summed E-state index contributed by atoms with van der Waals surface area (Å²) in [5.74, 6) is -0.109. The number of benzene rings is 2. The van der Waals surface area contributed by atoms with Crippen molar-refractivity contribution in [3.8, 4) is 0 Å². The first kappa shape index (κ1) is 22.1. The van der Waals surface area contributed by atoms with Crippen molar-refractivity contribution >= 4 is 21.6 Å². The highest BCUT2D eigenvalue weighted by molar-refractivity contribution is 7.92. The first-order chi connectivity index (χ1) is 14.3. The van der Waals surface area contributed by atoms with Crippen molar-refractivity contribution in [2.24, 2.45) is 0 Å². The standard InChI is InChI=1S/C24H30N2O3S/c1-18-8-7-9-19(2)23(18)26(30(3,28)29)17-21-12-14-22(15-13-21)24(27)25-16-20-10-5-4-6-11-20/h7-10,12-15H,4-6,11,16-17H2,1-3H3,(H,25,27). The third-order valence-corrected chi connectivity index (χ3v) is 6.60. The van der Waals surface area contributed by atoms with Crippen LogP contribution in [0.2, 0.25) is 0 Å². The molecule has 160 valence electrons. The summed E-state index contributed by atoms with van der Waals surface area (Å²) in [7, 11) is -3.46. The fourth-order valence-electron chi connectivity index (χ4n) is 3.85. The smallest absolute Gasteiger partial charge is 0.251 e. The molecule has 0 unspecified atom stereocenters. The number of nitrogens with one attached hydrogen (secondary N) is 1. The molecule has 1 aliphatic rings. The summed E-state index contributed by atoms with van der Waals surface area (Å²) in [6, 6.07) is 12.9. The zero-order valence-corrected chi connectivity index (χ0v) is 18.8. The molecule has 3 rings (SSSR count). The van der Waals surface area contributed by atoms with E-state index in [1.807, 2.05) is 44.2 Å². The number of carbonyl (C=O) groups is 1. The number of aryl methyl sites for hydroxylation is 2. The van der Waals surface area contributed by atoms with Crippen LogP contribution >= 0.6 is 0 Å². The van der Waals surface area contributed by atoms with E-state index in [9.17, 15) is 13.2 Å². The maximum atomic E-state index is 12.5. The highest BCUT2D eigenvalue weighted by Crippen LogP contribution is 2.28. The Morgan fingerprint density at radius 2 is 1.70 bits per heavy atom. The van der Waals surface area contributed by atoms with Crippen LogP contribution in [0.5, 0.6) is 0 Å². The molecule has 0 aromatic heterocycles. The molecule has 1 amide bonds. The van der Waals surface area contributed by atoms with Gasteiger partial charge in [-0.15, -0.1) is 0 Å².